The van der Waals surface area contributed by atoms with Crippen LogP contribution in [0.3, 0.4) is 0 Å². The highest BCUT2D eigenvalue weighted by Crippen LogP contribution is 2.22. The molecule has 0 unspecified atom stereocenters. The van der Waals surface area contributed by atoms with Gasteiger partial charge in [-0.1, -0.05) is 69.5 Å². The fourth-order valence-corrected chi connectivity index (χ4v) is 2.50. The summed E-state index contributed by atoms with van der Waals surface area (Å²) in [5.74, 6) is -0.575. The van der Waals surface area contributed by atoms with E-state index in [1.54, 1.807) is 6.07 Å². The summed E-state index contributed by atoms with van der Waals surface area (Å²) in [4.78, 5) is 11.9. The summed E-state index contributed by atoms with van der Waals surface area (Å²) in [6, 6.07) is 4.40. The van der Waals surface area contributed by atoms with Crippen LogP contribution in [0.4, 0.5) is 4.39 Å². The number of ketones is 1. The van der Waals surface area contributed by atoms with Crippen molar-refractivity contribution >= 4 is 17.4 Å². The maximum atomic E-state index is 13.2. The molecule has 0 fully saturated rings. The molecule has 0 aliphatic heterocycles. The zero-order valence-electron chi connectivity index (χ0n) is 12.3. The Hall–Kier alpha value is -0.890. The van der Waals surface area contributed by atoms with Crippen molar-refractivity contribution < 1.29 is 9.18 Å². The van der Waals surface area contributed by atoms with Gasteiger partial charge in [-0.05, 0) is 18.6 Å². The lowest BCUT2D eigenvalue weighted by molar-refractivity contribution is 0.0979. The molecule has 0 aromatic heterocycles. The van der Waals surface area contributed by atoms with Crippen molar-refractivity contribution in [3.05, 3.63) is 34.6 Å². The summed E-state index contributed by atoms with van der Waals surface area (Å²) in [6.07, 6.45) is 9.98. The molecule has 0 aliphatic carbocycles. The van der Waals surface area contributed by atoms with Crippen molar-refractivity contribution in [2.45, 2.75) is 64.7 Å². The maximum absolute atomic E-state index is 13.2. The van der Waals surface area contributed by atoms with Gasteiger partial charge in [0.15, 0.2) is 5.78 Å². The van der Waals surface area contributed by atoms with Gasteiger partial charge in [0.25, 0.3) is 0 Å². The van der Waals surface area contributed by atoms with E-state index in [1.807, 2.05) is 0 Å². The maximum Gasteiger partial charge on any atom is 0.164 e. The standard InChI is InChI=1S/C17H24ClFO/c1-2-3-4-5-6-7-8-9-13-16(20)14-11-10-12-15(19)17(14)18/h10-12H,2-9,13H2,1H3. The van der Waals surface area contributed by atoms with E-state index in [1.165, 1.54) is 50.7 Å². The second-order valence-electron chi connectivity index (χ2n) is 5.25. The van der Waals surface area contributed by atoms with E-state index >= 15 is 0 Å². The monoisotopic (exact) mass is 298 g/mol. The van der Waals surface area contributed by atoms with Crippen molar-refractivity contribution in [2.24, 2.45) is 0 Å². The number of benzene rings is 1. The molecule has 1 nitrogen and oxygen atoms in total. The van der Waals surface area contributed by atoms with Gasteiger partial charge in [0.05, 0.1) is 5.02 Å². The molecular formula is C17H24ClFO. The molecular weight excluding hydrogens is 275 g/mol. The van der Waals surface area contributed by atoms with Crippen molar-refractivity contribution in [2.75, 3.05) is 0 Å². The zero-order chi connectivity index (χ0) is 14.8. The third-order valence-corrected chi connectivity index (χ3v) is 3.89. The van der Waals surface area contributed by atoms with Crippen LogP contribution in [0.5, 0.6) is 0 Å². The second kappa shape index (κ2) is 9.93. The Labute approximate surface area is 126 Å². The van der Waals surface area contributed by atoms with Gasteiger partial charge < -0.3 is 0 Å². The molecule has 0 saturated heterocycles. The zero-order valence-corrected chi connectivity index (χ0v) is 13.0. The lowest BCUT2D eigenvalue weighted by Crippen LogP contribution is -2.01. The molecule has 1 aromatic rings. The van der Waals surface area contributed by atoms with Gasteiger partial charge in [-0.25, -0.2) is 4.39 Å². The molecule has 0 bridgehead atoms. The Morgan fingerprint density at radius 2 is 1.65 bits per heavy atom. The molecule has 0 radical (unpaired) electrons. The summed E-state index contributed by atoms with van der Waals surface area (Å²) in [6.45, 7) is 2.21. The molecule has 1 aromatic carbocycles. The number of hydrogen-bond donors (Lipinski definition) is 0. The molecule has 0 N–H and O–H groups in total. The number of carbonyl (C=O) groups excluding carboxylic acids is 1. The second-order valence-corrected chi connectivity index (χ2v) is 5.63. The molecule has 0 spiro atoms. The molecule has 3 heteroatoms. The van der Waals surface area contributed by atoms with Gasteiger partial charge in [0.2, 0.25) is 0 Å². The minimum atomic E-state index is -0.520. The van der Waals surface area contributed by atoms with Gasteiger partial charge in [-0.15, -0.1) is 0 Å². The highest BCUT2D eigenvalue weighted by Gasteiger charge is 2.12. The fraction of sp³-hybridized carbons (Fsp3) is 0.588. The molecule has 0 heterocycles. The van der Waals surface area contributed by atoms with E-state index in [2.05, 4.69) is 6.92 Å². The highest BCUT2D eigenvalue weighted by atomic mass is 35.5. The highest BCUT2D eigenvalue weighted by molar-refractivity contribution is 6.34. The summed E-state index contributed by atoms with van der Waals surface area (Å²) in [5.41, 5.74) is 0.314. The van der Waals surface area contributed by atoms with Crippen molar-refractivity contribution in [3.8, 4) is 0 Å². The van der Waals surface area contributed by atoms with Crippen molar-refractivity contribution in [1.29, 1.82) is 0 Å². The minimum absolute atomic E-state index is 0.0444. The van der Waals surface area contributed by atoms with Crippen molar-refractivity contribution in [1.82, 2.24) is 0 Å². The van der Waals surface area contributed by atoms with Crippen LogP contribution in [0.2, 0.25) is 5.02 Å². The third-order valence-electron chi connectivity index (χ3n) is 3.51. The van der Waals surface area contributed by atoms with Gasteiger partial charge in [0.1, 0.15) is 5.82 Å². The van der Waals surface area contributed by atoms with Crippen LogP contribution in [-0.4, -0.2) is 5.78 Å². The number of carbonyl (C=O) groups is 1. The van der Waals surface area contributed by atoms with Crippen LogP contribution in [0.15, 0.2) is 18.2 Å². The van der Waals surface area contributed by atoms with Crippen LogP contribution in [-0.2, 0) is 0 Å². The Morgan fingerprint density at radius 1 is 1.05 bits per heavy atom. The van der Waals surface area contributed by atoms with E-state index in [-0.39, 0.29) is 10.8 Å². The largest absolute Gasteiger partial charge is 0.294 e. The molecule has 0 amide bonds. The smallest absolute Gasteiger partial charge is 0.164 e. The Bertz CT molecular complexity index is 417. The number of unbranched alkanes of at least 4 members (excludes halogenated alkanes) is 7. The van der Waals surface area contributed by atoms with E-state index in [0.29, 0.717) is 12.0 Å². The first-order valence-corrected chi connectivity index (χ1v) is 8.01. The summed E-state index contributed by atoms with van der Waals surface area (Å²) in [5, 5.41) is -0.0444. The Kier molecular flexibility index (Phi) is 8.52. The topological polar surface area (TPSA) is 17.1 Å². The number of rotatable bonds is 10. The van der Waals surface area contributed by atoms with E-state index in [0.717, 1.165) is 12.8 Å². The molecule has 112 valence electrons. The van der Waals surface area contributed by atoms with E-state index in [4.69, 9.17) is 11.6 Å². The summed E-state index contributed by atoms with van der Waals surface area (Å²) in [7, 11) is 0. The SMILES string of the molecule is CCCCCCCCCCC(=O)c1cccc(F)c1Cl. The van der Waals surface area contributed by atoms with E-state index < -0.39 is 5.82 Å². The van der Waals surface area contributed by atoms with Crippen LogP contribution >= 0.6 is 11.6 Å². The first-order valence-electron chi connectivity index (χ1n) is 7.64. The van der Waals surface area contributed by atoms with E-state index in [9.17, 15) is 9.18 Å². The molecule has 0 aliphatic rings. The van der Waals surface area contributed by atoms with Crippen molar-refractivity contribution in [3.63, 3.8) is 0 Å². The normalized spacial score (nSPS) is 10.8. The average molecular weight is 299 g/mol. The molecule has 20 heavy (non-hydrogen) atoms. The first-order chi connectivity index (χ1) is 9.66. The van der Waals surface area contributed by atoms with Gasteiger partial charge in [-0.2, -0.15) is 0 Å². The quantitative estimate of drug-likeness (QED) is 0.371. The predicted molar refractivity (Wildman–Crippen MR) is 83.0 cm³/mol. The lowest BCUT2D eigenvalue weighted by Gasteiger charge is -2.04. The first kappa shape index (κ1) is 17.2. The molecule has 1 rings (SSSR count). The number of Topliss-reactive ketones (excluding diaryl/α,β-unsaturated/α-hetero) is 1. The Morgan fingerprint density at radius 3 is 2.30 bits per heavy atom. The van der Waals surface area contributed by atoms with Crippen LogP contribution < -0.4 is 0 Å². The third kappa shape index (κ3) is 6.04. The predicted octanol–water partition coefficient (Wildman–Crippen LogP) is 6.19. The lowest BCUT2D eigenvalue weighted by atomic mass is 10.0. The van der Waals surface area contributed by atoms with Crippen LogP contribution in [0.25, 0.3) is 0 Å². The average Bonchev–Trinajstić information content (AvgIpc) is 2.44. The van der Waals surface area contributed by atoms with Crippen LogP contribution in [0.1, 0.15) is 75.1 Å². The van der Waals surface area contributed by atoms with Gasteiger partial charge >= 0.3 is 0 Å². The Balaban J connectivity index is 2.19. The van der Waals surface area contributed by atoms with Gasteiger partial charge in [-0.3, -0.25) is 4.79 Å². The number of halogens is 2. The van der Waals surface area contributed by atoms with Crippen LogP contribution in [0, 0.1) is 5.82 Å². The summed E-state index contributed by atoms with van der Waals surface area (Å²) < 4.78 is 13.2. The van der Waals surface area contributed by atoms with Gasteiger partial charge in [0, 0.05) is 12.0 Å². The molecule has 0 saturated carbocycles. The molecule has 0 atom stereocenters. The minimum Gasteiger partial charge on any atom is -0.294 e. The summed E-state index contributed by atoms with van der Waals surface area (Å²) >= 11 is 5.80. The number of hydrogen-bond acceptors (Lipinski definition) is 1. The fourth-order valence-electron chi connectivity index (χ4n) is 2.27.